The van der Waals surface area contributed by atoms with Crippen molar-refractivity contribution in [2.24, 2.45) is 0 Å². The Kier molecular flexibility index (Phi) is 7.80. The average Bonchev–Trinajstić information content (AvgIpc) is 2.92. The van der Waals surface area contributed by atoms with Crippen LogP contribution in [0.3, 0.4) is 0 Å². The Bertz CT molecular complexity index is 1360. The summed E-state index contributed by atoms with van der Waals surface area (Å²) in [6, 6.07) is 28.7. The fraction of sp³-hybridized carbons (Fsp3) is 0.0690. The normalized spacial score (nSPS) is 10.4. The molecule has 0 aliphatic rings. The number of anilines is 1. The standard InChI is InChI=1S/C29H24N2O6/c32-27(33)24-12-7-13-25(28(34)35)26(24)31(19-21-8-3-1-4-9-21)29(36)30-18-20-14-16-23(17-15-20)37-22-10-5-2-6-11-22/h1-17H,18-19H2,(H,30,36)(H,32,33)(H,34,35). The van der Waals surface area contributed by atoms with Crippen LogP contribution in [0.15, 0.2) is 103 Å². The largest absolute Gasteiger partial charge is 0.478 e. The van der Waals surface area contributed by atoms with Gasteiger partial charge < -0.3 is 20.3 Å². The third-order valence-corrected chi connectivity index (χ3v) is 5.54. The van der Waals surface area contributed by atoms with Crippen molar-refractivity contribution < 1.29 is 29.3 Å². The molecule has 3 N–H and O–H groups in total. The number of amides is 2. The number of carboxylic acid groups (broad SMARTS) is 2. The molecular formula is C29H24N2O6. The van der Waals surface area contributed by atoms with Gasteiger partial charge in [-0.2, -0.15) is 0 Å². The first-order chi connectivity index (χ1) is 17.9. The lowest BCUT2D eigenvalue weighted by Gasteiger charge is -2.26. The number of urea groups is 1. The van der Waals surface area contributed by atoms with Crippen LogP contribution in [0.4, 0.5) is 10.5 Å². The van der Waals surface area contributed by atoms with Crippen LogP contribution in [-0.4, -0.2) is 28.2 Å². The molecule has 0 spiro atoms. The smallest absolute Gasteiger partial charge is 0.337 e. The van der Waals surface area contributed by atoms with E-state index in [1.807, 2.05) is 36.4 Å². The number of nitrogens with one attached hydrogen (secondary N) is 1. The molecule has 186 valence electrons. The molecule has 0 aliphatic carbocycles. The molecule has 2 amide bonds. The molecule has 0 aromatic heterocycles. The van der Waals surface area contributed by atoms with Crippen molar-refractivity contribution >= 4 is 23.7 Å². The average molecular weight is 497 g/mol. The number of hydrogen-bond donors (Lipinski definition) is 3. The fourth-order valence-corrected chi connectivity index (χ4v) is 3.77. The van der Waals surface area contributed by atoms with Crippen molar-refractivity contribution in [1.82, 2.24) is 5.32 Å². The summed E-state index contributed by atoms with van der Waals surface area (Å²) in [5.74, 6) is -1.34. The molecule has 4 rings (SSSR count). The van der Waals surface area contributed by atoms with Crippen LogP contribution >= 0.6 is 0 Å². The molecule has 0 heterocycles. The number of carboxylic acids is 2. The van der Waals surface area contributed by atoms with E-state index < -0.39 is 18.0 Å². The van der Waals surface area contributed by atoms with Gasteiger partial charge in [0, 0.05) is 6.54 Å². The monoisotopic (exact) mass is 496 g/mol. The first-order valence-corrected chi connectivity index (χ1v) is 11.4. The van der Waals surface area contributed by atoms with Gasteiger partial charge in [0.05, 0.1) is 23.4 Å². The first kappa shape index (κ1) is 25.0. The Morgan fingerprint density at radius 3 is 1.76 bits per heavy atom. The highest BCUT2D eigenvalue weighted by atomic mass is 16.5. The number of nitrogens with zero attached hydrogens (tertiary/aromatic N) is 1. The molecule has 0 atom stereocenters. The molecule has 37 heavy (non-hydrogen) atoms. The van der Waals surface area contributed by atoms with Gasteiger partial charge in [0.1, 0.15) is 11.5 Å². The summed E-state index contributed by atoms with van der Waals surface area (Å²) in [6.45, 7) is 0.106. The highest BCUT2D eigenvalue weighted by molar-refractivity contribution is 6.08. The van der Waals surface area contributed by atoms with Crippen molar-refractivity contribution in [1.29, 1.82) is 0 Å². The van der Waals surface area contributed by atoms with Crippen LogP contribution in [-0.2, 0) is 13.1 Å². The Labute approximate surface area is 213 Å². The van der Waals surface area contributed by atoms with Crippen LogP contribution in [0.2, 0.25) is 0 Å². The molecule has 0 saturated heterocycles. The van der Waals surface area contributed by atoms with Gasteiger partial charge >= 0.3 is 18.0 Å². The Morgan fingerprint density at radius 1 is 0.649 bits per heavy atom. The quantitative estimate of drug-likeness (QED) is 0.270. The van der Waals surface area contributed by atoms with E-state index >= 15 is 0 Å². The number of carbonyl (C=O) groups is 3. The Morgan fingerprint density at radius 2 is 1.19 bits per heavy atom. The number of ether oxygens (including phenoxy) is 1. The fourth-order valence-electron chi connectivity index (χ4n) is 3.77. The lowest BCUT2D eigenvalue weighted by molar-refractivity contribution is 0.0696. The van der Waals surface area contributed by atoms with Crippen molar-refractivity contribution in [2.75, 3.05) is 4.90 Å². The van der Waals surface area contributed by atoms with Crippen molar-refractivity contribution in [2.45, 2.75) is 13.1 Å². The van der Waals surface area contributed by atoms with E-state index in [-0.39, 0.29) is 29.9 Å². The minimum Gasteiger partial charge on any atom is -0.478 e. The van der Waals surface area contributed by atoms with E-state index in [9.17, 15) is 24.6 Å². The van der Waals surface area contributed by atoms with E-state index in [0.29, 0.717) is 17.1 Å². The van der Waals surface area contributed by atoms with Crippen LogP contribution in [0, 0.1) is 0 Å². The molecule has 0 unspecified atom stereocenters. The summed E-state index contributed by atoms with van der Waals surface area (Å²) in [7, 11) is 0. The summed E-state index contributed by atoms with van der Waals surface area (Å²) in [5.41, 5.74) is 0.729. The second-order valence-corrected chi connectivity index (χ2v) is 8.10. The molecular weight excluding hydrogens is 472 g/mol. The Hall–Kier alpha value is -5.11. The number of carbonyl (C=O) groups excluding carboxylic acids is 1. The van der Waals surface area contributed by atoms with Crippen LogP contribution in [0.25, 0.3) is 0 Å². The van der Waals surface area contributed by atoms with Gasteiger partial charge in [-0.3, -0.25) is 4.90 Å². The maximum absolute atomic E-state index is 13.4. The molecule has 0 aliphatic heterocycles. The summed E-state index contributed by atoms with van der Waals surface area (Å²) < 4.78 is 5.79. The summed E-state index contributed by atoms with van der Waals surface area (Å²) in [4.78, 5) is 38.4. The molecule has 8 nitrogen and oxygen atoms in total. The lowest BCUT2D eigenvalue weighted by Crippen LogP contribution is -2.41. The molecule has 4 aromatic rings. The zero-order valence-electron chi connectivity index (χ0n) is 19.7. The van der Waals surface area contributed by atoms with Gasteiger partial charge in [-0.15, -0.1) is 0 Å². The SMILES string of the molecule is O=C(O)c1cccc(C(=O)O)c1N(Cc1ccccc1)C(=O)NCc1ccc(Oc2ccccc2)cc1. The molecule has 0 saturated carbocycles. The number of benzene rings is 4. The number of rotatable bonds is 9. The topological polar surface area (TPSA) is 116 Å². The highest BCUT2D eigenvalue weighted by Gasteiger charge is 2.27. The van der Waals surface area contributed by atoms with Gasteiger partial charge in [-0.25, -0.2) is 14.4 Å². The highest BCUT2D eigenvalue weighted by Crippen LogP contribution is 2.28. The zero-order valence-corrected chi connectivity index (χ0v) is 19.7. The zero-order chi connectivity index (χ0) is 26.2. The van der Waals surface area contributed by atoms with Crippen molar-refractivity contribution in [3.63, 3.8) is 0 Å². The van der Waals surface area contributed by atoms with E-state index in [1.54, 1.807) is 48.5 Å². The Balaban J connectivity index is 1.57. The molecule has 4 aromatic carbocycles. The van der Waals surface area contributed by atoms with E-state index in [2.05, 4.69) is 5.32 Å². The summed E-state index contributed by atoms with van der Waals surface area (Å²) in [5, 5.41) is 22.3. The van der Waals surface area contributed by atoms with E-state index in [1.165, 1.54) is 18.2 Å². The summed E-state index contributed by atoms with van der Waals surface area (Å²) in [6.07, 6.45) is 0. The van der Waals surface area contributed by atoms with Crippen LogP contribution < -0.4 is 15.0 Å². The number of hydrogen-bond acceptors (Lipinski definition) is 4. The van der Waals surface area contributed by atoms with Crippen molar-refractivity contribution in [3.05, 3.63) is 125 Å². The van der Waals surface area contributed by atoms with Gasteiger partial charge in [-0.05, 0) is 47.5 Å². The summed E-state index contributed by atoms with van der Waals surface area (Å²) >= 11 is 0. The van der Waals surface area contributed by atoms with Crippen molar-refractivity contribution in [3.8, 4) is 11.5 Å². The lowest BCUT2D eigenvalue weighted by atomic mass is 10.0. The second kappa shape index (κ2) is 11.5. The molecule has 8 heteroatoms. The third-order valence-electron chi connectivity index (χ3n) is 5.54. The van der Waals surface area contributed by atoms with Crippen LogP contribution in [0.1, 0.15) is 31.8 Å². The van der Waals surface area contributed by atoms with Gasteiger partial charge in [-0.1, -0.05) is 66.7 Å². The van der Waals surface area contributed by atoms with Gasteiger partial charge in [0.2, 0.25) is 0 Å². The molecule has 0 fully saturated rings. The maximum atomic E-state index is 13.4. The predicted molar refractivity (Wildman–Crippen MR) is 138 cm³/mol. The third kappa shape index (κ3) is 6.32. The molecule has 0 radical (unpaired) electrons. The first-order valence-electron chi connectivity index (χ1n) is 11.4. The molecule has 0 bridgehead atoms. The van der Waals surface area contributed by atoms with E-state index in [0.717, 1.165) is 10.5 Å². The van der Waals surface area contributed by atoms with Crippen LogP contribution in [0.5, 0.6) is 11.5 Å². The minimum absolute atomic E-state index is 0.0267. The number of para-hydroxylation sites is 2. The van der Waals surface area contributed by atoms with Gasteiger partial charge in [0.15, 0.2) is 0 Å². The van der Waals surface area contributed by atoms with E-state index in [4.69, 9.17) is 4.74 Å². The maximum Gasteiger partial charge on any atom is 0.337 e. The predicted octanol–water partition coefficient (Wildman–Crippen LogP) is 5.79. The minimum atomic E-state index is -1.34. The number of aromatic carboxylic acids is 2. The van der Waals surface area contributed by atoms with Gasteiger partial charge in [0.25, 0.3) is 0 Å². The second-order valence-electron chi connectivity index (χ2n) is 8.10.